The van der Waals surface area contributed by atoms with Crippen molar-refractivity contribution < 1.29 is 28.2 Å². The standard InChI is InChI=1S/C25H24O7/c1-14(2)25(9-8-15-10-20(28-3)23(30-5)21(11-15)29-4)24(27)17-12-16-6-7-22(26)31-18(16)13-19(17)32-25/h6-14H,1-5H3/b9-8-. The molecule has 1 aromatic heterocycles. The zero-order valence-electron chi connectivity index (χ0n) is 18.6. The third kappa shape index (κ3) is 3.39. The minimum Gasteiger partial charge on any atom is -0.493 e. The molecule has 0 saturated carbocycles. The van der Waals surface area contributed by atoms with Gasteiger partial charge >= 0.3 is 5.63 Å². The maximum Gasteiger partial charge on any atom is 0.336 e. The summed E-state index contributed by atoms with van der Waals surface area (Å²) in [5.41, 5.74) is -0.0885. The molecule has 7 nitrogen and oxygen atoms in total. The van der Waals surface area contributed by atoms with Crippen molar-refractivity contribution >= 4 is 22.8 Å². The summed E-state index contributed by atoms with van der Waals surface area (Å²) in [5.74, 6) is 1.57. The second-order valence-electron chi connectivity index (χ2n) is 7.81. The number of ketones is 1. The molecule has 0 aliphatic carbocycles. The summed E-state index contributed by atoms with van der Waals surface area (Å²) in [6.45, 7) is 3.84. The molecule has 3 aromatic rings. The summed E-state index contributed by atoms with van der Waals surface area (Å²) >= 11 is 0. The number of ether oxygens (including phenoxy) is 4. The summed E-state index contributed by atoms with van der Waals surface area (Å²) < 4.78 is 27.7. The summed E-state index contributed by atoms with van der Waals surface area (Å²) in [7, 11) is 4.63. The van der Waals surface area contributed by atoms with E-state index in [1.807, 2.05) is 13.8 Å². The number of rotatable bonds is 6. The minimum atomic E-state index is -1.21. The topological polar surface area (TPSA) is 84.2 Å². The molecule has 0 radical (unpaired) electrons. The van der Waals surface area contributed by atoms with Gasteiger partial charge in [0, 0.05) is 23.4 Å². The van der Waals surface area contributed by atoms with Crippen LogP contribution in [0.1, 0.15) is 29.8 Å². The van der Waals surface area contributed by atoms with Crippen LogP contribution in [-0.2, 0) is 0 Å². The Morgan fingerprint density at radius 1 is 0.938 bits per heavy atom. The molecule has 0 bridgehead atoms. The largest absolute Gasteiger partial charge is 0.493 e. The molecule has 1 atom stereocenters. The molecule has 166 valence electrons. The van der Waals surface area contributed by atoms with Crippen molar-refractivity contribution in [3.8, 4) is 23.0 Å². The van der Waals surface area contributed by atoms with Crippen LogP contribution in [0.15, 0.2) is 51.7 Å². The van der Waals surface area contributed by atoms with Gasteiger partial charge in [0.1, 0.15) is 11.3 Å². The molecule has 1 aliphatic rings. The highest BCUT2D eigenvalue weighted by molar-refractivity contribution is 6.11. The summed E-state index contributed by atoms with van der Waals surface area (Å²) in [5, 5.41) is 0.661. The molecule has 0 spiro atoms. The number of carbonyl (C=O) groups is 1. The second kappa shape index (κ2) is 8.07. The molecule has 7 heteroatoms. The first-order valence-electron chi connectivity index (χ1n) is 10.1. The second-order valence-corrected chi connectivity index (χ2v) is 7.81. The lowest BCUT2D eigenvalue weighted by atomic mass is 9.84. The fourth-order valence-electron chi connectivity index (χ4n) is 3.90. The van der Waals surface area contributed by atoms with E-state index in [0.29, 0.717) is 39.5 Å². The van der Waals surface area contributed by atoms with Crippen molar-refractivity contribution in [1.82, 2.24) is 0 Å². The van der Waals surface area contributed by atoms with E-state index in [-0.39, 0.29) is 11.7 Å². The fourth-order valence-corrected chi connectivity index (χ4v) is 3.90. The van der Waals surface area contributed by atoms with Gasteiger partial charge in [0.25, 0.3) is 0 Å². The quantitative estimate of drug-likeness (QED) is 0.526. The van der Waals surface area contributed by atoms with Gasteiger partial charge in [-0.15, -0.1) is 0 Å². The van der Waals surface area contributed by atoms with Crippen molar-refractivity contribution in [2.45, 2.75) is 19.4 Å². The minimum absolute atomic E-state index is 0.153. The molecule has 0 fully saturated rings. The normalized spacial score (nSPS) is 17.6. The fraction of sp³-hybridized carbons (Fsp3) is 0.280. The monoisotopic (exact) mass is 436 g/mol. The number of carbonyl (C=O) groups excluding carboxylic acids is 1. The van der Waals surface area contributed by atoms with Gasteiger partial charge in [0.2, 0.25) is 11.5 Å². The summed E-state index contributed by atoms with van der Waals surface area (Å²) in [6.07, 6.45) is 3.55. The van der Waals surface area contributed by atoms with E-state index < -0.39 is 11.2 Å². The van der Waals surface area contributed by atoms with Gasteiger partial charge in [0.05, 0.1) is 26.9 Å². The Morgan fingerprint density at radius 3 is 2.22 bits per heavy atom. The third-order valence-electron chi connectivity index (χ3n) is 5.67. The molecule has 0 saturated heterocycles. The van der Waals surface area contributed by atoms with Crippen LogP contribution in [-0.4, -0.2) is 32.7 Å². The average molecular weight is 436 g/mol. The Bertz CT molecular complexity index is 1260. The smallest absolute Gasteiger partial charge is 0.336 e. The molecule has 2 aromatic carbocycles. The van der Waals surface area contributed by atoms with Crippen LogP contribution in [0, 0.1) is 5.92 Å². The van der Waals surface area contributed by atoms with Crippen molar-refractivity contribution in [3.63, 3.8) is 0 Å². The maximum atomic E-state index is 13.5. The lowest BCUT2D eigenvalue weighted by Crippen LogP contribution is -2.43. The van der Waals surface area contributed by atoms with Crippen LogP contribution in [0.5, 0.6) is 23.0 Å². The van der Waals surface area contributed by atoms with Gasteiger partial charge < -0.3 is 23.4 Å². The molecule has 0 N–H and O–H groups in total. The number of Topliss-reactive ketones (excluding diaryl/α,β-unsaturated/α-hetero) is 1. The number of benzene rings is 2. The number of methoxy groups -OCH3 is 3. The molecule has 1 aliphatic heterocycles. The van der Waals surface area contributed by atoms with Gasteiger partial charge in [0.15, 0.2) is 17.1 Å². The van der Waals surface area contributed by atoms with Gasteiger partial charge in [-0.05, 0) is 35.9 Å². The third-order valence-corrected chi connectivity index (χ3v) is 5.67. The Morgan fingerprint density at radius 2 is 1.62 bits per heavy atom. The SMILES string of the molecule is COc1cc(/C=C\C2(C(C)C)Oc3cc4oc(=O)ccc4cc3C2=O)cc(OC)c1OC. The molecule has 0 amide bonds. The Kier molecular flexibility index (Phi) is 5.42. The van der Waals surface area contributed by atoms with Crippen LogP contribution in [0.3, 0.4) is 0 Å². The Hall–Kier alpha value is -3.74. The highest BCUT2D eigenvalue weighted by atomic mass is 16.5. The van der Waals surface area contributed by atoms with Crippen LogP contribution in [0.2, 0.25) is 0 Å². The van der Waals surface area contributed by atoms with E-state index in [0.717, 1.165) is 5.56 Å². The number of hydrogen-bond acceptors (Lipinski definition) is 7. The predicted octanol–water partition coefficient (Wildman–Crippen LogP) is 4.50. The van der Waals surface area contributed by atoms with Crippen molar-refractivity contribution in [2.75, 3.05) is 21.3 Å². The summed E-state index contributed by atoms with van der Waals surface area (Å²) in [4.78, 5) is 25.1. The highest BCUT2D eigenvalue weighted by Gasteiger charge is 2.48. The van der Waals surface area contributed by atoms with E-state index in [1.165, 1.54) is 13.2 Å². The van der Waals surface area contributed by atoms with Gasteiger partial charge in [-0.3, -0.25) is 4.79 Å². The van der Waals surface area contributed by atoms with Crippen LogP contribution in [0.4, 0.5) is 0 Å². The zero-order chi connectivity index (χ0) is 23.0. The van der Waals surface area contributed by atoms with E-state index in [2.05, 4.69) is 0 Å². The zero-order valence-corrected chi connectivity index (χ0v) is 18.6. The van der Waals surface area contributed by atoms with E-state index in [9.17, 15) is 9.59 Å². The molecular formula is C25H24O7. The van der Waals surface area contributed by atoms with E-state index in [4.69, 9.17) is 23.4 Å². The summed E-state index contributed by atoms with van der Waals surface area (Å²) in [6, 6.07) is 9.85. The van der Waals surface area contributed by atoms with Crippen molar-refractivity contribution in [1.29, 1.82) is 0 Å². The Labute approximate surface area is 185 Å². The molecule has 32 heavy (non-hydrogen) atoms. The molecule has 4 rings (SSSR count). The van der Waals surface area contributed by atoms with Crippen LogP contribution in [0.25, 0.3) is 17.0 Å². The van der Waals surface area contributed by atoms with Crippen molar-refractivity contribution in [2.24, 2.45) is 5.92 Å². The van der Waals surface area contributed by atoms with Gasteiger partial charge in [-0.1, -0.05) is 19.9 Å². The lowest BCUT2D eigenvalue weighted by Gasteiger charge is -2.28. The first-order chi connectivity index (χ1) is 15.3. The first-order valence-corrected chi connectivity index (χ1v) is 10.1. The van der Waals surface area contributed by atoms with Gasteiger partial charge in [-0.2, -0.15) is 0 Å². The number of hydrogen-bond donors (Lipinski definition) is 0. The van der Waals surface area contributed by atoms with E-state index in [1.54, 1.807) is 56.7 Å². The lowest BCUT2D eigenvalue weighted by molar-refractivity contribution is 0.0573. The predicted molar refractivity (Wildman–Crippen MR) is 120 cm³/mol. The van der Waals surface area contributed by atoms with Gasteiger partial charge in [-0.25, -0.2) is 4.79 Å². The van der Waals surface area contributed by atoms with Crippen molar-refractivity contribution in [3.05, 3.63) is 64.0 Å². The van der Waals surface area contributed by atoms with Crippen LogP contribution < -0.4 is 24.6 Å². The molecule has 2 heterocycles. The molecule has 1 unspecified atom stereocenters. The highest BCUT2D eigenvalue weighted by Crippen LogP contribution is 2.43. The van der Waals surface area contributed by atoms with E-state index >= 15 is 0 Å². The van der Waals surface area contributed by atoms with Crippen LogP contribution >= 0.6 is 0 Å². The first kappa shape index (κ1) is 21.5. The Balaban J connectivity index is 1.78. The maximum absolute atomic E-state index is 13.5. The number of fused-ring (bicyclic) bond motifs is 2. The average Bonchev–Trinajstić information content (AvgIpc) is 3.07. The molecular weight excluding hydrogens is 412 g/mol.